The van der Waals surface area contributed by atoms with Crippen molar-refractivity contribution in [3.8, 4) is 6.01 Å². The predicted molar refractivity (Wildman–Crippen MR) is 59.1 cm³/mol. The van der Waals surface area contributed by atoms with E-state index in [0.717, 1.165) is 19.6 Å². The zero-order valence-electron chi connectivity index (χ0n) is 9.48. The minimum Gasteiger partial charge on any atom is -0.481 e. The maximum atomic E-state index is 11.6. The molecule has 92 valence electrons. The average Bonchev–Trinajstić information content (AvgIpc) is 2.89. The van der Waals surface area contributed by atoms with Gasteiger partial charge in [-0.15, -0.1) is 0 Å². The van der Waals surface area contributed by atoms with Gasteiger partial charge in [0.15, 0.2) is 0 Å². The molecule has 0 unspecified atom stereocenters. The maximum Gasteiger partial charge on any atom is 0.315 e. The molecule has 0 aliphatic carbocycles. The van der Waals surface area contributed by atoms with Crippen molar-refractivity contribution in [1.29, 1.82) is 0 Å². The van der Waals surface area contributed by atoms with E-state index in [0.29, 0.717) is 31.2 Å². The van der Waals surface area contributed by atoms with E-state index < -0.39 is 11.4 Å². The summed E-state index contributed by atoms with van der Waals surface area (Å²) in [6.45, 7) is 2.82. The second kappa shape index (κ2) is 3.73. The number of ether oxygens (including phenoxy) is 1. The fourth-order valence-electron chi connectivity index (χ4n) is 2.57. The van der Waals surface area contributed by atoms with Crippen molar-refractivity contribution >= 4 is 5.97 Å². The molecule has 2 aliphatic rings. The van der Waals surface area contributed by atoms with Crippen LogP contribution >= 0.6 is 0 Å². The second-order valence-corrected chi connectivity index (χ2v) is 4.59. The number of carbonyl (C=O) groups is 1. The number of carboxylic acids is 1. The lowest BCUT2D eigenvalue weighted by atomic mass is 9.76. The Morgan fingerprint density at radius 3 is 2.94 bits per heavy atom. The largest absolute Gasteiger partial charge is 0.481 e. The van der Waals surface area contributed by atoms with Crippen molar-refractivity contribution in [3.05, 3.63) is 11.9 Å². The Bertz CT molecular complexity index is 427. The van der Waals surface area contributed by atoms with Gasteiger partial charge in [0.25, 0.3) is 6.01 Å². The first-order valence-electron chi connectivity index (χ1n) is 5.87. The monoisotopic (exact) mass is 237 g/mol. The van der Waals surface area contributed by atoms with Crippen LogP contribution in [-0.4, -0.2) is 40.3 Å². The van der Waals surface area contributed by atoms with Crippen LogP contribution in [0.4, 0.5) is 0 Å². The molecule has 1 aromatic heterocycles. The quantitative estimate of drug-likeness (QED) is 0.756. The van der Waals surface area contributed by atoms with Crippen molar-refractivity contribution in [2.24, 2.45) is 0 Å². The van der Waals surface area contributed by atoms with Crippen LogP contribution in [0.15, 0.2) is 6.20 Å². The van der Waals surface area contributed by atoms with Crippen LogP contribution in [0.3, 0.4) is 0 Å². The molecule has 2 aliphatic heterocycles. The lowest BCUT2D eigenvalue weighted by molar-refractivity contribution is -0.145. The highest BCUT2D eigenvalue weighted by atomic mass is 16.5. The molecule has 0 amide bonds. The van der Waals surface area contributed by atoms with Crippen molar-refractivity contribution in [1.82, 2.24) is 14.9 Å². The SMILES string of the molecule is O=C(O)C1(c2cn3c(n2)OCC3)CCNCC1. The first-order chi connectivity index (χ1) is 8.22. The third kappa shape index (κ3) is 1.51. The molecule has 0 saturated carbocycles. The van der Waals surface area contributed by atoms with Gasteiger partial charge in [0.1, 0.15) is 12.0 Å². The molecular weight excluding hydrogens is 222 g/mol. The molecule has 6 nitrogen and oxygen atoms in total. The third-order valence-corrected chi connectivity index (χ3v) is 3.66. The van der Waals surface area contributed by atoms with Crippen molar-refractivity contribution in [2.45, 2.75) is 24.8 Å². The number of imidazole rings is 1. The molecule has 1 fully saturated rings. The summed E-state index contributed by atoms with van der Waals surface area (Å²) < 4.78 is 7.23. The summed E-state index contributed by atoms with van der Waals surface area (Å²) in [6, 6.07) is 0.555. The fourth-order valence-corrected chi connectivity index (χ4v) is 2.57. The van der Waals surface area contributed by atoms with Crippen molar-refractivity contribution < 1.29 is 14.6 Å². The zero-order valence-corrected chi connectivity index (χ0v) is 9.48. The van der Waals surface area contributed by atoms with Gasteiger partial charge in [0, 0.05) is 6.20 Å². The molecule has 0 radical (unpaired) electrons. The molecule has 0 atom stereocenters. The maximum absolute atomic E-state index is 11.6. The smallest absolute Gasteiger partial charge is 0.315 e. The Morgan fingerprint density at radius 2 is 2.29 bits per heavy atom. The molecule has 0 aromatic carbocycles. The van der Waals surface area contributed by atoms with Gasteiger partial charge in [0.05, 0.1) is 12.2 Å². The Hall–Kier alpha value is -1.56. The van der Waals surface area contributed by atoms with E-state index in [4.69, 9.17) is 4.74 Å². The number of piperidine rings is 1. The molecular formula is C11H15N3O3. The molecule has 17 heavy (non-hydrogen) atoms. The van der Waals surface area contributed by atoms with E-state index in [9.17, 15) is 9.90 Å². The highest BCUT2D eigenvalue weighted by Crippen LogP contribution is 2.35. The average molecular weight is 237 g/mol. The number of hydrogen-bond acceptors (Lipinski definition) is 4. The van der Waals surface area contributed by atoms with E-state index in [1.54, 1.807) is 0 Å². The topological polar surface area (TPSA) is 76.4 Å². The number of aliphatic carboxylic acids is 1. The van der Waals surface area contributed by atoms with E-state index >= 15 is 0 Å². The molecule has 1 saturated heterocycles. The molecule has 3 rings (SSSR count). The van der Waals surface area contributed by atoms with Crippen LogP contribution in [0.5, 0.6) is 6.01 Å². The Morgan fingerprint density at radius 1 is 1.53 bits per heavy atom. The summed E-state index contributed by atoms with van der Waals surface area (Å²) in [5.74, 6) is -0.782. The second-order valence-electron chi connectivity index (χ2n) is 4.59. The number of hydrogen-bond donors (Lipinski definition) is 2. The lowest BCUT2D eigenvalue weighted by Crippen LogP contribution is -2.45. The minimum absolute atomic E-state index is 0.555. The summed E-state index contributed by atoms with van der Waals surface area (Å²) in [4.78, 5) is 15.9. The van der Waals surface area contributed by atoms with Gasteiger partial charge in [0.2, 0.25) is 0 Å². The Labute approximate surface area is 98.6 Å². The summed E-state index contributed by atoms with van der Waals surface area (Å²) >= 11 is 0. The van der Waals surface area contributed by atoms with E-state index in [1.165, 1.54) is 0 Å². The highest BCUT2D eigenvalue weighted by molar-refractivity contribution is 5.81. The number of fused-ring (bicyclic) bond motifs is 1. The van der Waals surface area contributed by atoms with Gasteiger partial charge in [-0.3, -0.25) is 9.36 Å². The minimum atomic E-state index is -0.841. The third-order valence-electron chi connectivity index (χ3n) is 3.66. The molecule has 6 heteroatoms. The van der Waals surface area contributed by atoms with Gasteiger partial charge < -0.3 is 15.2 Å². The molecule has 2 N–H and O–H groups in total. The molecule has 3 heterocycles. The number of nitrogens with one attached hydrogen (secondary N) is 1. The zero-order chi connectivity index (χ0) is 11.9. The summed E-state index contributed by atoms with van der Waals surface area (Å²) in [5.41, 5.74) is -0.201. The normalized spacial score (nSPS) is 21.9. The number of nitrogens with zero attached hydrogens (tertiary/aromatic N) is 2. The van der Waals surface area contributed by atoms with Crippen LogP contribution in [-0.2, 0) is 16.8 Å². The Kier molecular flexibility index (Phi) is 2.32. The van der Waals surface area contributed by atoms with Crippen LogP contribution in [0.25, 0.3) is 0 Å². The number of aromatic nitrogens is 2. The molecule has 1 aromatic rings. The number of rotatable bonds is 2. The molecule has 0 spiro atoms. The standard InChI is InChI=1S/C11H15N3O3/c15-9(16)11(1-3-12-4-2-11)8-7-14-5-6-17-10(14)13-8/h7,12H,1-6H2,(H,15,16). The predicted octanol–water partition coefficient (Wildman–Crippen LogP) is -0.0187. The van der Waals surface area contributed by atoms with Gasteiger partial charge in [-0.2, -0.15) is 4.98 Å². The van der Waals surface area contributed by atoms with Crippen LogP contribution in [0, 0.1) is 0 Å². The van der Waals surface area contributed by atoms with E-state index in [-0.39, 0.29) is 0 Å². The van der Waals surface area contributed by atoms with E-state index in [2.05, 4.69) is 10.3 Å². The van der Waals surface area contributed by atoms with Crippen LogP contribution in [0.1, 0.15) is 18.5 Å². The summed E-state index contributed by atoms with van der Waals surface area (Å²) in [5, 5.41) is 12.7. The van der Waals surface area contributed by atoms with Gasteiger partial charge in [-0.05, 0) is 25.9 Å². The number of carboxylic acid groups (broad SMARTS) is 1. The van der Waals surface area contributed by atoms with Gasteiger partial charge in [-0.1, -0.05) is 0 Å². The van der Waals surface area contributed by atoms with Crippen molar-refractivity contribution in [3.63, 3.8) is 0 Å². The van der Waals surface area contributed by atoms with Gasteiger partial charge >= 0.3 is 5.97 Å². The Balaban J connectivity index is 2.00. The lowest BCUT2D eigenvalue weighted by Gasteiger charge is -2.31. The first kappa shape index (κ1) is 10.6. The molecule has 0 bridgehead atoms. The van der Waals surface area contributed by atoms with Crippen LogP contribution in [0.2, 0.25) is 0 Å². The summed E-state index contributed by atoms with van der Waals surface area (Å²) in [7, 11) is 0. The first-order valence-corrected chi connectivity index (χ1v) is 5.87. The summed E-state index contributed by atoms with van der Waals surface area (Å²) in [6.07, 6.45) is 3.00. The van der Waals surface area contributed by atoms with Crippen LogP contribution < -0.4 is 10.1 Å². The fraction of sp³-hybridized carbons (Fsp3) is 0.636. The van der Waals surface area contributed by atoms with Crippen molar-refractivity contribution in [2.75, 3.05) is 19.7 Å². The van der Waals surface area contributed by atoms with Gasteiger partial charge in [-0.25, -0.2) is 0 Å². The van der Waals surface area contributed by atoms with E-state index in [1.807, 2.05) is 10.8 Å². The highest BCUT2D eigenvalue weighted by Gasteiger charge is 2.44.